The maximum absolute atomic E-state index is 11.2. The van der Waals surface area contributed by atoms with Crippen molar-refractivity contribution in [2.24, 2.45) is 5.92 Å². The van der Waals surface area contributed by atoms with Crippen molar-refractivity contribution < 1.29 is 19.4 Å². The Kier molecular flexibility index (Phi) is 4.72. The fourth-order valence-electron chi connectivity index (χ4n) is 5.02. The van der Waals surface area contributed by atoms with Gasteiger partial charge < -0.3 is 23.7 Å². The topological polar surface area (TPSA) is 78.5 Å². The Labute approximate surface area is 196 Å². The van der Waals surface area contributed by atoms with Crippen molar-refractivity contribution >= 4 is 39.0 Å². The fourth-order valence-corrected chi connectivity index (χ4v) is 5.02. The van der Waals surface area contributed by atoms with Crippen molar-refractivity contribution in [3.8, 4) is 22.9 Å². The van der Waals surface area contributed by atoms with Gasteiger partial charge in [0.15, 0.2) is 11.5 Å². The molecule has 1 aliphatic rings. The molecule has 0 aliphatic heterocycles. The van der Waals surface area contributed by atoms with Gasteiger partial charge in [-0.05, 0) is 62.1 Å². The van der Waals surface area contributed by atoms with E-state index in [-0.39, 0.29) is 5.75 Å². The molecule has 0 spiro atoms. The molecule has 0 radical (unpaired) electrons. The van der Waals surface area contributed by atoms with Crippen LogP contribution in [-0.2, 0) is 13.1 Å². The minimum Gasteiger partial charge on any atom is -0.491 e. The van der Waals surface area contributed by atoms with Crippen molar-refractivity contribution in [3.63, 3.8) is 0 Å². The SMILES string of the molecule is CCn1c2ccccc2c2cc(-c3nc4c(OC)c(OC(=O)O)ccc4n3CC3CC3)ccc21. The molecule has 0 unspecified atom stereocenters. The molecule has 7 nitrogen and oxygen atoms in total. The molecule has 6 rings (SSSR count). The molecule has 7 heteroatoms. The van der Waals surface area contributed by atoms with Crippen LogP contribution in [0.2, 0.25) is 0 Å². The van der Waals surface area contributed by atoms with Crippen LogP contribution in [0.25, 0.3) is 44.2 Å². The minimum absolute atomic E-state index is 0.145. The highest BCUT2D eigenvalue weighted by molar-refractivity contribution is 6.09. The zero-order valence-electron chi connectivity index (χ0n) is 19.1. The first-order valence-corrected chi connectivity index (χ1v) is 11.6. The first-order valence-electron chi connectivity index (χ1n) is 11.6. The van der Waals surface area contributed by atoms with E-state index in [1.807, 2.05) is 6.07 Å². The van der Waals surface area contributed by atoms with Crippen LogP contribution in [-0.4, -0.2) is 32.5 Å². The van der Waals surface area contributed by atoms with Crippen molar-refractivity contribution in [2.45, 2.75) is 32.9 Å². The standard InChI is InChI=1S/C27H25N3O4/c1-3-29-20-7-5-4-6-18(20)19-14-17(10-11-21(19)29)26-28-24-22(30(26)15-16-8-9-16)12-13-23(25(24)33-2)34-27(31)32/h4-7,10-14,16H,3,8-9,15H2,1-2H3,(H,31,32). The highest BCUT2D eigenvalue weighted by Crippen LogP contribution is 2.41. The molecule has 34 heavy (non-hydrogen) atoms. The number of benzene rings is 3. The number of hydrogen-bond donors (Lipinski definition) is 1. The van der Waals surface area contributed by atoms with Gasteiger partial charge in [0.2, 0.25) is 0 Å². The smallest absolute Gasteiger partial charge is 0.491 e. The van der Waals surface area contributed by atoms with E-state index in [9.17, 15) is 4.79 Å². The summed E-state index contributed by atoms with van der Waals surface area (Å²) in [4.78, 5) is 16.1. The molecule has 2 aromatic heterocycles. The van der Waals surface area contributed by atoms with E-state index in [1.165, 1.54) is 41.8 Å². The van der Waals surface area contributed by atoms with Crippen LogP contribution in [0.15, 0.2) is 54.6 Å². The summed E-state index contributed by atoms with van der Waals surface area (Å²) in [5, 5.41) is 11.5. The zero-order chi connectivity index (χ0) is 23.4. The van der Waals surface area contributed by atoms with Gasteiger partial charge >= 0.3 is 6.16 Å². The largest absolute Gasteiger partial charge is 0.511 e. The van der Waals surface area contributed by atoms with E-state index in [2.05, 4.69) is 58.5 Å². The lowest BCUT2D eigenvalue weighted by molar-refractivity contribution is 0.143. The van der Waals surface area contributed by atoms with Gasteiger partial charge in [0.1, 0.15) is 11.3 Å². The number of imidazole rings is 1. The number of rotatable bonds is 6. The molecule has 1 fully saturated rings. The lowest BCUT2D eigenvalue weighted by atomic mass is 10.1. The Morgan fingerprint density at radius 1 is 1.03 bits per heavy atom. The predicted molar refractivity (Wildman–Crippen MR) is 132 cm³/mol. The lowest BCUT2D eigenvalue weighted by Crippen LogP contribution is -2.05. The number of carboxylic acid groups (broad SMARTS) is 1. The second-order valence-electron chi connectivity index (χ2n) is 8.82. The number of ether oxygens (including phenoxy) is 2. The third-order valence-electron chi connectivity index (χ3n) is 6.72. The Bertz CT molecular complexity index is 1580. The number of hydrogen-bond acceptors (Lipinski definition) is 4. The van der Waals surface area contributed by atoms with Crippen LogP contribution in [0.4, 0.5) is 4.79 Å². The molecule has 1 saturated carbocycles. The van der Waals surface area contributed by atoms with E-state index in [1.54, 1.807) is 6.07 Å². The van der Waals surface area contributed by atoms with E-state index >= 15 is 0 Å². The molecule has 1 aliphatic carbocycles. The van der Waals surface area contributed by atoms with Gasteiger partial charge in [-0.25, -0.2) is 9.78 Å². The average Bonchev–Trinajstić information content (AvgIpc) is 3.51. The van der Waals surface area contributed by atoms with Crippen molar-refractivity contribution in [1.82, 2.24) is 14.1 Å². The first-order chi connectivity index (χ1) is 16.6. The monoisotopic (exact) mass is 455 g/mol. The molecular weight excluding hydrogens is 430 g/mol. The number of fused-ring (bicyclic) bond motifs is 4. The number of aryl methyl sites for hydroxylation is 1. The normalized spacial score (nSPS) is 13.7. The predicted octanol–water partition coefficient (Wildman–Crippen LogP) is 6.31. The summed E-state index contributed by atoms with van der Waals surface area (Å²) >= 11 is 0. The molecule has 0 amide bonds. The Balaban J connectivity index is 1.60. The molecule has 2 heterocycles. The third-order valence-corrected chi connectivity index (χ3v) is 6.72. The van der Waals surface area contributed by atoms with Crippen molar-refractivity contribution in [2.75, 3.05) is 7.11 Å². The summed E-state index contributed by atoms with van der Waals surface area (Å²) in [6, 6.07) is 18.5. The second-order valence-corrected chi connectivity index (χ2v) is 8.82. The molecule has 0 atom stereocenters. The Morgan fingerprint density at radius 3 is 2.53 bits per heavy atom. The van der Waals surface area contributed by atoms with Crippen LogP contribution in [0.3, 0.4) is 0 Å². The van der Waals surface area contributed by atoms with Gasteiger partial charge in [-0.3, -0.25) is 0 Å². The van der Waals surface area contributed by atoms with Crippen molar-refractivity contribution in [1.29, 1.82) is 0 Å². The van der Waals surface area contributed by atoms with Gasteiger partial charge in [-0.1, -0.05) is 18.2 Å². The number of methoxy groups -OCH3 is 1. The fraction of sp³-hybridized carbons (Fsp3) is 0.259. The molecule has 5 aromatic rings. The van der Waals surface area contributed by atoms with E-state index in [4.69, 9.17) is 19.6 Å². The number of carbonyl (C=O) groups is 1. The molecular formula is C27H25N3O4. The summed E-state index contributed by atoms with van der Waals surface area (Å²) in [6.07, 6.45) is 1.03. The number of nitrogens with zero attached hydrogens (tertiary/aromatic N) is 3. The number of para-hydroxylation sites is 1. The summed E-state index contributed by atoms with van der Waals surface area (Å²) < 4.78 is 15.1. The van der Waals surface area contributed by atoms with E-state index < -0.39 is 6.16 Å². The van der Waals surface area contributed by atoms with Gasteiger partial charge in [-0.2, -0.15) is 0 Å². The summed E-state index contributed by atoms with van der Waals surface area (Å²) in [5.41, 5.74) is 4.96. The molecule has 3 aromatic carbocycles. The maximum Gasteiger partial charge on any atom is 0.511 e. The van der Waals surface area contributed by atoms with Crippen LogP contribution >= 0.6 is 0 Å². The highest BCUT2D eigenvalue weighted by Gasteiger charge is 2.27. The number of aromatic nitrogens is 3. The maximum atomic E-state index is 11.2. The first kappa shape index (κ1) is 20.6. The van der Waals surface area contributed by atoms with Crippen LogP contribution in [0.5, 0.6) is 11.5 Å². The molecule has 172 valence electrons. The molecule has 1 N–H and O–H groups in total. The summed E-state index contributed by atoms with van der Waals surface area (Å²) in [7, 11) is 1.51. The van der Waals surface area contributed by atoms with E-state index in [0.717, 1.165) is 30.0 Å². The minimum atomic E-state index is -1.38. The quantitative estimate of drug-likeness (QED) is 0.240. The molecule has 0 bridgehead atoms. The molecule has 0 saturated heterocycles. The second kappa shape index (κ2) is 7.80. The van der Waals surface area contributed by atoms with Crippen molar-refractivity contribution in [3.05, 3.63) is 54.6 Å². The Morgan fingerprint density at radius 2 is 1.79 bits per heavy atom. The van der Waals surface area contributed by atoms with Gasteiger partial charge in [0.05, 0.1) is 12.6 Å². The van der Waals surface area contributed by atoms with Gasteiger partial charge in [-0.15, -0.1) is 0 Å². The van der Waals surface area contributed by atoms with Crippen LogP contribution in [0, 0.1) is 5.92 Å². The van der Waals surface area contributed by atoms with E-state index in [0.29, 0.717) is 17.2 Å². The van der Waals surface area contributed by atoms with Gasteiger partial charge in [0, 0.05) is 40.5 Å². The van der Waals surface area contributed by atoms with Crippen LogP contribution in [0.1, 0.15) is 19.8 Å². The zero-order valence-corrected chi connectivity index (χ0v) is 19.1. The summed E-state index contributed by atoms with van der Waals surface area (Å²) in [5.74, 6) is 1.96. The third kappa shape index (κ3) is 3.19. The average molecular weight is 456 g/mol. The Hall–Kier alpha value is -4.00. The summed E-state index contributed by atoms with van der Waals surface area (Å²) in [6.45, 7) is 3.92. The highest BCUT2D eigenvalue weighted by atomic mass is 16.7. The lowest BCUT2D eigenvalue weighted by Gasteiger charge is -2.10. The van der Waals surface area contributed by atoms with Crippen LogP contribution < -0.4 is 9.47 Å². The van der Waals surface area contributed by atoms with Gasteiger partial charge in [0.25, 0.3) is 0 Å².